The van der Waals surface area contributed by atoms with Crippen molar-refractivity contribution >= 4 is 44.2 Å². The molecule has 0 radical (unpaired) electrons. The maximum Gasteiger partial charge on any atom is 0.336 e. The van der Waals surface area contributed by atoms with Crippen LogP contribution in [0.25, 0.3) is 11.0 Å². The van der Waals surface area contributed by atoms with Gasteiger partial charge in [0, 0.05) is 49.2 Å². The minimum absolute atomic E-state index is 0.0205. The Morgan fingerprint density at radius 1 is 1.00 bits per heavy atom. The van der Waals surface area contributed by atoms with Gasteiger partial charge in [0.25, 0.3) is 0 Å². The van der Waals surface area contributed by atoms with Gasteiger partial charge in [-0.2, -0.15) is 4.31 Å². The zero-order chi connectivity index (χ0) is 21.5. The minimum atomic E-state index is -3.73. The van der Waals surface area contributed by atoms with Gasteiger partial charge in [-0.3, -0.25) is 4.90 Å². The SMILES string of the molecule is Cc1ccc2c(CN3CCN(S(=O)(=O)c4cc(Cl)ccc4Cl)CC3)cc(=O)oc2c1. The van der Waals surface area contributed by atoms with Gasteiger partial charge in [-0.15, -0.1) is 0 Å². The maximum atomic E-state index is 13.0. The van der Waals surface area contributed by atoms with Crippen LogP contribution < -0.4 is 5.63 Å². The standard InChI is InChI=1S/C21H20Cl2N2O4S/c1-14-2-4-17-15(11-21(26)29-19(17)10-14)13-24-6-8-25(9-7-24)30(27,28)20-12-16(22)3-5-18(20)23/h2-5,10-12H,6-9,13H2,1H3. The first kappa shape index (κ1) is 21.3. The Morgan fingerprint density at radius 2 is 1.73 bits per heavy atom. The summed E-state index contributed by atoms with van der Waals surface area (Å²) < 4.78 is 32.7. The number of halogens is 2. The summed E-state index contributed by atoms with van der Waals surface area (Å²) in [5.41, 5.74) is 2.06. The number of sulfonamides is 1. The third kappa shape index (κ3) is 4.26. The van der Waals surface area contributed by atoms with Crippen molar-refractivity contribution in [3.63, 3.8) is 0 Å². The Kier molecular flexibility index (Phi) is 5.92. The summed E-state index contributed by atoms with van der Waals surface area (Å²) in [6.45, 7) is 4.19. The van der Waals surface area contributed by atoms with E-state index in [9.17, 15) is 13.2 Å². The second-order valence-electron chi connectivity index (χ2n) is 7.35. The topological polar surface area (TPSA) is 70.8 Å². The van der Waals surface area contributed by atoms with E-state index in [2.05, 4.69) is 4.90 Å². The van der Waals surface area contributed by atoms with Crippen LogP contribution in [0.15, 0.2) is 56.6 Å². The van der Waals surface area contributed by atoms with Crippen molar-refractivity contribution in [1.82, 2.24) is 9.21 Å². The molecule has 3 aromatic rings. The predicted octanol–water partition coefficient (Wildman–Crippen LogP) is 3.91. The van der Waals surface area contributed by atoms with E-state index in [4.69, 9.17) is 27.6 Å². The molecule has 0 saturated carbocycles. The number of hydrogen-bond donors (Lipinski definition) is 0. The van der Waals surface area contributed by atoms with E-state index in [0.717, 1.165) is 16.5 Å². The van der Waals surface area contributed by atoms with Crippen LogP contribution in [0.1, 0.15) is 11.1 Å². The van der Waals surface area contributed by atoms with Crippen LogP contribution in [0, 0.1) is 6.92 Å². The first-order chi connectivity index (χ1) is 14.2. The lowest BCUT2D eigenvalue weighted by molar-refractivity contribution is 0.182. The van der Waals surface area contributed by atoms with Crippen LogP contribution in [0.3, 0.4) is 0 Å². The van der Waals surface area contributed by atoms with Crippen molar-refractivity contribution in [1.29, 1.82) is 0 Å². The molecule has 9 heteroatoms. The Morgan fingerprint density at radius 3 is 2.47 bits per heavy atom. The molecule has 0 unspecified atom stereocenters. The highest BCUT2D eigenvalue weighted by atomic mass is 35.5. The van der Waals surface area contributed by atoms with Crippen molar-refractivity contribution in [2.75, 3.05) is 26.2 Å². The molecule has 1 aliphatic rings. The number of fused-ring (bicyclic) bond motifs is 1. The summed E-state index contributed by atoms with van der Waals surface area (Å²) in [6.07, 6.45) is 0. The molecule has 0 N–H and O–H groups in total. The van der Waals surface area contributed by atoms with Crippen LogP contribution in [0.4, 0.5) is 0 Å². The fourth-order valence-corrected chi connectivity index (χ4v) is 5.81. The van der Waals surface area contributed by atoms with E-state index in [1.165, 1.54) is 22.5 Å². The highest BCUT2D eigenvalue weighted by Crippen LogP contribution is 2.28. The molecule has 4 rings (SSSR count). The van der Waals surface area contributed by atoms with Crippen LogP contribution in [0.2, 0.25) is 10.0 Å². The first-order valence-corrected chi connectivity index (χ1v) is 11.6. The molecule has 0 aliphatic carbocycles. The number of rotatable bonds is 4. The minimum Gasteiger partial charge on any atom is -0.423 e. The van der Waals surface area contributed by atoms with Gasteiger partial charge in [0.2, 0.25) is 10.0 Å². The summed E-state index contributed by atoms with van der Waals surface area (Å²) >= 11 is 12.1. The summed E-state index contributed by atoms with van der Waals surface area (Å²) in [4.78, 5) is 14.1. The largest absolute Gasteiger partial charge is 0.423 e. The molecule has 158 valence electrons. The van der Waals surface area contributed by atoms with E-state index in [1.54, 1.807) is 6.07 Å². The summed E-state index contributed by atoms with van der Waals surface area (Å²) in [7, 11) is -3.73. The van der Waals surface area contributed by atoms with E-state index < -0.39 is 10.0 Å². The highest BCUT2D eigenvalue weighted by molar-refractivity contribution is 7.89. The fraction of sp³-hybridized carbons (Fsp3) is 0.286. The molecule has 6 nitrogen and oxygen atoms in total. The predicted molar refractivity (Wildman–Crippen MR) is 118 cm³/mol. The van der Waals surface area contributed by atoms with Gasteiger partial charge in [-0.1, -0.05) is 35.3 Å². The second-order valence-corrected chi connectivity index (χ2v) is 10.1. The zero-order valence-corrected chi connectivity index (χ0v) is 18.6. The van der Waals surface area contributed by atoms with Crippen molar-refractivity contribution in [3.05, 3.63) is 74.1 Å². The third-order valence-corrected chi connectivity index (χ3v) is 7.84. The molecule has 0 amide bonds. The maximum absolute atomic E-state index is 13.0. The van der Waals surface area contributed by atoms with Gasteiger partial charge >= 0.3 is 5.63 Å². The average molecular weight is 467 g/mol. The molecule has 2 aromatic carbocycles. The number of benzene rings is 2. The van der Waals surface area contributed by atoms with E-state index in [-0.39, 0.29) is 15.5 Å². The van der Waals surface area contributed by atoms with Crippen molar-refractivity contribution in [2.24, 2.45) is 0 Å². The molecular formula is C21H20Cl2N2O4S. The lowest BCUT2D eigenvalue weighted by atomic mass is 10.1. The lowest BCUT2D eigenvalue weighted by Crippen LogP contribution is -2.48. The molecule has 1 fully saturated rings. The van der Waals surface area contributed by atoms with E-state index in [0.29, 0.717) is 43.3 Å². The number of nitrogens with zero attached hydrogens (tertiary/aromatic N) is 2. The molecule has 1 saturated heterocycles. The average Bonchev–Trinajstić information content (AvgIpc) is 2.69. The third-order valence-electron chi connectivity index (χ3n) is 5.22. The smallest absolute Gasteiger partial charge is 0.336 e. The van der Waals surface area contributed by atoms with Crippen LogP contribution in [0.5, 0.6) is 0 Å². The quantitative estimate of drug-likeness (QED) is 0.545. The van der Waals surface area contributed by atoms with Gasteiger partial charge in [0.05, 0.1) is 5.02 Å². The number of aryl methyl sites for hydroxylation is 1. The highest BCUT2D eigenvalue weighted by Gasteiger charge is 2.30. The van der Waals surface area contributed by atoms with Crippen molar-refractivity contribution < 1.29 is 12.8 Å². The Balaban J connectivity index is 1.51. The molecule has 0 bridgehead atoms. The monoisotopic (exact) mass is 466 g/mol. The van der Waals surface area contributed by atoms with Gasteiger partial charge < -0.3 is 4.42 Å². The van der Waals surface area contributed by atoms with Crippen LogP contribution in [-0.2, 0) is 16.6 Å². The summed E-state index contributed by atoms with van der Waals surface area (Å²) in [6, 6.07) is 11.7. The van der Waals surface area contributed by atoms with Gasteiger partial charge in [0.15, 0.2) is 0 Å². The van der Waals surface area contributed by atoms with E-state index >= 15 is 0 Å². The lowest BCUT2D eigenvalue weighted by Gasteiger charge is -2.34. The van der Waals surface area contributed by atoms with Gasteiger partial charge in [-0.25, -0.2) is 13.2 Å². The van der Waals surface area contributed by atoms with Gasteiger partial charge in [0.1, 0.15) is 10.5 Å². The molecule has 0 atom stereocenters. The summed E-state index contributed by atoms with van der Waals surface area (Å²) in [5, 5.41) is 1.36. The second kappa shape index (κ2) is 8.32. The molecule has 30 heavy (non-hydrogen) atoms. The van der Waals surface area contributed by atoms with Crippen LogP contribution in [-0.4, -0.2) is 43.8 Å². The van der Waals surface area contributed by atoms with Crippen LogP contribution >= 0.6 is 23.2 Å². The van der Waals surface area contributed by atoms with Crippen molar-refractivity contribution in [2.45, 2.75) is 18.4 Å². The Labute approximate surface area is 184 Å². The molecule has 1 aromatic heterocycles. The zero-order valence-electron chi connectivity index (χ0n) is 16.3. The molecule has 2 heterocycles. The fourth-order valence-electron chi connectivity index (χ4n) is 3.65. The molecule has 1 aliphatic heterocycles. The molecule has 0 spiro atoms. The van der Waals surface area contributed by atoms with Gasteiger partial charge in [-0.05, 0) is 42.3 Å². The Bertz CT molecular complexity index is 1270. The summed E-state index contributed by atoms with van der Waals surface area (Å²) in [5.74, 6) is 0. The normalized spacial score (nSPS) is 16.2. The van der Waals surface area contributed by atoms with E-state index in [1.807, 2.05) is 25.1 Å². The first-order valence-electron chi connectivity index (χ1n) is 9.45. The van der Waals surface area contributed by atoms with Crippen molar-refractivity contribution in [3.8, 4) is 0 Å². The Hall–Kier alpha value is -1.90. The number of hydrogen-bond acceptors (Lipinski definition) is 5. The molecular weight excluding hydrogens is 447 g/mol. The number of piperazine rings is 1.